The van der Waals surface area contributed by atoms with Gasteiger partial charge < -0.3 is 43.7 Å². The van der Waals surface area contributed by atoms with Crippen LogP contribution in [0.5, 0.6) is 28.7 Å². The second-order valence-electron chi connectivity index (χ2n) is 10.1. The number of aliphatic hydroxyl groups is 2. The minimum absolute atomic E-state index is 0.0796. The van der Waals surface area contributed by atoms with Gasteiger partial charge in [0.05, 0.1) is 33.4 Å². The number of carbonyl (C=O) groups excluding carboxylic acids is 1. The van der Waals surface area contributed by atoms with Gasteiger partial charge in [0, 0.05) is 38.1 Å². The molecule has 10 heteroatoms. The topological polar surface area (TPSA) is 110 Å². The van der Waals surface area contributed by atoms with Gasteiger partial charge in [0.25, 0.3) is 0 Å². The molecule has 0 bridgehead atoms. The molecule has 4 unspecified atom stereocenters. The summed E-state index contributed by atoms with van der Waals surface area (Å²) >= 11 is 0. The summed E-state index contributed by atoms with van der Waals surface area (Å²) in [6, 6.07) is 7.28. The zero-order valence-corrected chi connectivity index (χ0v) is 22.3. The number of carbonyl (C=O) groups is 1. The Hall–Kier alpha value is -3.21. The molecule has 0 aromatic heterocycles. The Balaban J connectivity index is 1.70. The molecule has 4 atom stereocenters. The molecule has 2 heterocycles. The van der Waals surface area contributed by atoms with Crippen LogP contribution in [-0.4, -0.2) is 93.9 Å². The summed E-state index contributed by atoms with van der Waals surface area (Å²) in [5.41, 5.74) is 2.09. The second-order valence-corrected chi connectivity index (χ2v) is 10.1. The van der Waals surface area contributed by atoms with Crippen molar-refractivity contribution in [2.24, 2.45) is 11.8 Å². The highest BCUT2D eigenvalue weighted by Crippen LogP contribution is 2.54. The molecular formula is C28H36N2O8. The van der Waals surface area contributed by atoms with Gasteiger partial charge in [0.15, 0.2) is 23.0 Å². The van der Waals surface area contributed by atoms with E-state index in [1.807, 2.05) is 30.1 Å². The molecule has 5 rings (SSSR count). The van der Waals surface area contributed by atoms with Gasteiger partial charge >= 0.3 is 0 Å². The molecule has 2 aromatic rings. The summed E-state index contributed by atoms with van der Waals surface area (Å²) in [6.45, 7) is 2.58. The summed E-state index contributed by atoms with van der Waals surface area (Å²) in [4.78, 5) is 18.4. The third-order valence-corrected chi connectivity index (χ3v) is 8.03. The predicted octanol–water partition coefficient (Wildman–Crippen LogP) is 2.01. The van der Waals surface area contributed by atoms with E-state index in [1.54, 1.807) is 20.3 Å². The van der Waals surface area contributed by atoms with Gasteiger partial charge in [-0.1, -0.05) is 0 Å². The van der Waals surface area contributed by atoms with Crippen LogP contribution in [0.2, 0.25) is 0 Å². The molecule has 38 heavy (non-hydrogen) atoms. The van der Waals surface area contributed by atoms with Crippen molar-refractivity contribution >= 4 is 5.91 Å². The number of hydrogen-bond acceptors (Lipinski definition) is 9. The number of fused-ring (bicyclic) bond motifs is 2. The summed E-state index contributed by atoms with van der Waals surface area (Å²) < 4.78 is 28.1. The third kappa shape index (κ3) is 4.50. The van der Waals surface area contributed by atoms with Gasteiger partial charge in [0.1, 0.15) is 0 Å². The van der Waals surface area contributed by atoms with Crippen LogP contribution in [0.1, 0.15) is 35.1 Å². The standard InChI is InChI=1S/C28H36N2O8/c1-29-6-5-7-30(9-8-29)28(33)25-19(14-31)26(32)18-13-21-20(37-15-38-21)12-17(18)24(25)16-10-22(34-2)27(36-4)23(11-16)35-3/h10-13,19,24-26,31-32H,5-9,14-15H2,1-4H3. The minimum Gasteiger partial charge on any atom is -0.493 e. The monoisotopic (exact) mass is 528 g/mol. The third-order valence-electron chi connectivity index (χ3n) is 8.03. The lowest BCUT2D eigenvalue weighted by molar-refractivity contribution is -0.142. The number of likely N-dealkylation sites (N-methyl/N-ethyl adjacent to an activating group) is 1. The Kier molecular flexibility index (Phi) is 7.56. The average Bonchev–Trinajstić information content (AvgIpc) is 3.29. The SMILES string of the molecule is COc1cc(C2c3cc4c(cc3C(O)C(CO)C2C(=O)N2CCCN(C)CC2)OCO4)cc(OC)c1OC. The van der Waals surface area contributed by atoms with Crippen LogP contribution in [0, 0.1) is 11.8 Å². The van der Waals surface area contributed by atoms with Crippen LogP contribution in [0.25, 0.3) is 0 Å². The van der Waals surface area contributed by atoms with Crippen molar-refractivity contribution in [1.29, 1.82) is 0 Å². The molecule has 206 valence electrons. The number of aliphatic hydroxyl groups excluding tert-OH is 2. The molecule has 0 spiro atoms. The highest BCUT2D eigenvalue weighted by Gasteiger charge is 2.48. The number of nitrogens with zero attached hydrogens (tertiary/aromatic N) is 2. The fourth-order valence-electron chi connectivity index (χ4n) is 6.05. The molecule has 1 saturated heterocycles. The molecule has 3 aliphatic rings. The van der Waals surface area contributed by atoms with E-state index in [4.69, 9.17) is 23.7 Å². The Morgan fingerprint density at radius 3 is 2.21 bits per heavy atom. The van der Waals surface area contributed by atoms with Crippen LogP contribution in [0.3, 0.4) is 0 Å². The van der Waals surface area contributed by atoms with Crippen LogP contribution < -0.4 is 23.7 Å². The first-order valence-corrected chi connectivity index (χ1v) is 12.9. The molecule has 0 radical (unpaired) electrons. The van der Waals surface area contributed by atoms with Gasteiger partial charge in [-0.3, -0.25) is 4.79 Å². The van der Waals surface area contributed by atoms with Crippen molar-refractivity contribution < 1.29 is 38.7 Å². The van der Waals surface area contributed by atoms with E-state index >= 15 is 0 Å². The normalized spacial score (nSPS) is 24.9. The van der Waals surface area contributed by atoms with Crippen molar-refractivity contribution in [2.45, 2.75) is 18.4 Å². The van der Waals surface area contributed by atoms with Gasteiger partial charge in [-0.15, -0.1) is 0 Å². The van der Waals surface area contributed by atoms with E-state index < -0.39 is 23.9 Å². The number of amides is 1. The largest absolute Gasteiger partial charge is 0.493 e. The summed E-state index contributed by atoms with van der Waals surface area (Å²) in [5, 5.41) is 22.1. The molecule has 2 N–H and O–H groups in total. The molecular weight excluding hydrogens is 492 g/mol. The average molecular weight is 529 g/mol. The molecule has 2 aromatic carbocycles. The molecule has 0 saturated carbocycles. The lowest BCUT2D eigenvalue weighted by atomic mass is 9.64. The number of methoxy groups -OCH3 is 3. The maximum atomic E-state index is 14.3. The number of rotatable bonds is 6. The Labute approximate surface area is 222 Å². The Morgan fingerprint density at radius 2 is 1.61 bits per heavy atom. The van der Waals surface area contributed by atoms with E-state index in [-0.39, 0.29) is 19.3 Å². The van der Waals surface area contributed by atoms with Gasteiger partial charge in [0.2, 0.25) is 18.4 Å². The lowest BCUT2D eigenvalue weighted by Gasteiger charge is -2.43. The maximum Gasteiger partial charge on any atom is 0.231 e. The molecule has 1 amide bonds. The minimum atomic E-state index is -1.06. The summed E-state index contributed by atoms with van der Waals surface area (Å²) in [6.07, 6.45) is -0.211. The molecule has 1 fully saturated rings. The quantitative estimate of drug-likeness (QED) is 0.582. The zero-order chi connectivity index (χ0) is 27.0. The summed E-state index contributed by atoms with van der Waals surface area (Å²) in [5.74, 6) is 0.341. The van der Waals surface area contributed by atoms with E-state index in [2.05, 4.69) is 4.90 Å². The zero-order valence-electron chi connectivity index (χ0n) is 22.3. The van der Waals surface area contributed by atoms with Crippen molar-refractivity contribution in [2.75, 3.05) is 68.0 Å². The smallest absolute Gasteiger partial charge is 0.231 e. The van der Waals surface area contributed by atoms with Crippen LogP contribution >= 0.6 is 0 Å². The predicted molar refractivity (Wildman–Crippen MR) is 138 cm³/mol. The fourth-order valence-corrected chi connectivity index (χ4v) is 6.05. The second kappa shape index (κ2) is 10.9. The van der Waals surface area contributed by atoms with Crippen molar-refractivity contribution in [3.8, 4) is 28.7 Å². The Morgan fingerprint density at radius 1 is 0.947 bits per heavy atom. The van der Waals surface area contributed by atoms with Crippen molar-refractivity contribution in [3.05, 3.63) is 41.0 Å². The van der Waals surface area contributed by atoms with Crippen LogP contribution in [0.15, 0.2) is 24.3 Å². The van der Waals surface area contributed by atoms with Crippen LogP contribution in [-0.2, 0) is 4.79 Å². The highest BCUT2D eigenvalue weighted by molar-refractivity contribution is 5.82. The van der Waals surface area contributed by atoms with E-state index in [9.17, 15) is 15.0 Å². The fraction of sp³-hybridized carbons (Fsp3) is 0.536. The molecule has 10 nitrogen and oxygen atoms in total. The number of hydrogen-bond donors (Lipinski definition) is 2. The lowest BCUT2D eigenvalue weighted by Crippen LogP contribution is -2.48. The van der Waals surface area contributed by atoms with E-state index in [1.165, 1.54) is 7.11 Å². The number of benzene rings is 2. The number of ether oxygens (including phenoxy) is 5. The first-order chi connectivity index (χ1) is 18.4. The van der Waals surface area contributed by atoms with Crippen molar-refractivity contribution in [1.82, 2.24) is 9.80 Å². The van der Waals surface area contributed by atoms with Gasteiger partial charge in [-0.25, -0.2) is 0 Å². The first kappa shape index (κ1) is 26.4. The molecule has 1 aliphatic carbocycles. The maximum absolute atomic E-state index is 14.3. The highest BCUT2D eigenvalue weighted by atomic mass is 16.7. The van der Waals surface area contributed by atoms with E-state index in [0.717, 1.165) is 30.6 Å². The van der Waals surface area contributed by atoms with Gasteiger partial charge in [-0.05, 0) is 61.0 Å². The van der Waals surface area contributed by atoms with E-state index in [0.29, 0.717) is 47.4 Å². The Bertz CT molecular complexity index is 1160. The molecule has 2 aliphatic heterocycles. The van der Waals surface area contributed by atoms with Crippen molar-refractivity contribution in [3.63, 3.8) is 0 Å². The summed E-state index contributed by atoms with van der Waals surface area (Å²) in [7, 11) is 6.68. The first-order valence-electron chi connectivity index (χ1n) is 12.9. The van der Waals surface area contributed by atoms with Crippen LogP contribution in [0.4, 0.5) is 0 Å². The van der Waals surface area contributed by atoms with Gasteiger partial charge in [-0.2, -0.15) is 0 Å².